The summed E-state index contributed by atoms with van der Waals surface area (Å²) in [7, 11) is -3.09. The summed E-state index contributed by atoms with van der Waals surface area (Å²) in [5, 5.41) is 0. The van der Waals surface area contributed by atoms with Crippen molar-refractivity contribution in [2.45, 2.75) is 40.2 Å². The molecule has 0 saturated heterocycles. The molecule has 0 N–H and O–H groups in total. The Morgan fingerprint density at radius 3 is 1.39 bits per heavy atom. The lowest BCUT2D eigenvalue weighted by Crippen LogP contribution is -2.22. The summed E-state index contributed by atoms with van der Waals surface area (Å²) in [5.74, 6) is 1.24. The number of hydrogen-bond donors (Lipinski definition) is 0. The molecular weight excluding hydrogens is 331 g/mol. The summed E-state index contributed by atoms with van der Waals surface area (Å²) in [6, 6.07) is 15.3. The zero-order valence-electron chi connectivity index (χ0n) is 14.2. The average Bonchev–Trinajstić information content (AvgIpc) is 2.42. The standard InChI is InChI=1S/C18H23ClO3P/c1-14-6-10-16(11-7-14)20-23(19,22-18(3,4)5)21-17-12-8-15(2)9-13-17/h6-13H,1-5H3/q+1. The van der Waals surface area contributed by atoms with Gasteiger partial charge in [0.1, 0.15) is 5.60 Å². The van der Waals surface area contributed by atoms with E-state index < -0.39 is 12.9 Å². The zero-order chi connectivity index (χ0) is 17.1. The van der Waals surface area contributed by atoms with E-state index in [1.807, 2.05) is 83.1 Å². The van der Waals surface area contributed by atoms with Crippen molar-refractivity contribution in [3.8, 4) is 11.5 Å². The molecule has 23 heavy (non-hydrogen) atoms. The Balaban J connectivity index is 2.23. The van der Waals surface area contributed by atoms with Gasteiger partial charge < -0.3 is 0 Å². The van der Waals surface area contributed by atoms with Gasteiger partial charge in [-0.2, -0.15) is 0 Å². The minimum atomic E-state index is -3.09. The molecule has 2 aromatic rings. The van der Waals surface area contributed by atoms with E-state index in [-0.39, 0.29) is 0 Å². The molecule has 2 rings (SSSR count). The fourth-order valence-electron chi connectivity index (χ4n) is 1.83. The van der Waals surface area contributed by atoms with Gasteiger partial charge in [-0.05, 0) is 58.9 Å². The molecule has 0 saturated carbocycles. The van der Waals surface area contributed by atoms with Crippen LogP contribution in [0.5, 0.6) is 11.5 Å². The third-order valence-electron chi connectivity index (χ3n) is 2.85. The largest absolute Gasteiger partial charge is 0.614 e. The van der Waals surface area contributed by atoms with Crippen molar-refractivity contribution in [3.63, 3.8) is 0 Å². The third-order valence-corrected chi connectivity index (χ3v) is 5.10. The number of halogens is 1. The van der Waals surface area contributed by atoms with Crippen molar-refractivity contribution in [1.29, 1.82) is 0 Å². The Morgan fingerprint density at radius 1 is 0.739 bits per heavy atom. The van der Waals surface area contributed by atoms with E-state index in [2.05, 4.69) is 0 Å². The van der Waals surface area contributed by atoms with E-state index in [1.54, 1.807) is 0 Å². The first kappa shape index (κ1) is 18.1. The van der Waals surface area contributed by atoms with Crippen molar-refractivity contribution in [3.05, 3.63) is 59.7 Å². The molecule has 0 amide bonds. The molecular formula is C18H23ClO3P+. The lowest BCUT2D eigenvalue weighted by molar-refractivity contribution is 0.110. The maximum atomic E-state index is 6.62. The van der Waals surface area contributed by atoms with Crippen molar-refractivity contribution >= 4 is 18.5 Å². The van der Waals surface area contributed by atoms with Crippen LogP contribution < -0.4 is 9.05 Å². The minimum Gasteiger partial charge on any atom is -0.264 e. The van der Waals surface area contributed by atoms with Crippen LogP contribution in [-0.2, 0) is 4.52 Å². The van der Waals surface area contributed by atoms with Crippen LogP contribution in [0.1, 0.15) is 31.9 Å². The van der Waals surface area contributed by atoms with Crippen LogP contribution in [0.3, 0.4) is 0 Å². The van der Waals surface area contributed by atoms with E-state index in [1.165, 1.54) is 0 Å². The Morgan fingerprint density at radius 2 is 1.09 bits per heavy atom. The Labute approximate surface area is 143 Å². The van der Waals surface area contributed by atoms with Gasteiger partial charge in [0, 0.05) is 0 Å². The number of benzene rings is 2. The van der Waals surface area contributed by atoms with Crippen molar-refractivity contribution < 1.29 is 13.6 Å². The van der Waals surface area contributed by atoms with Crippen LogP contribution in [0, 0.1) is 13.8 Å². The zero-order valence-corrected chi connectivity index (χ0v) is 15.8. The highest BCUT2D eigenvalue weighted by Crippen LogP contribution is 2.67. The summed E-state index contributed by atoms with van der Waals surface area (Å²) >= 11 is 6.62. The van der Waals surface area contributed by atoms with E-state index in [0.717, 1.165) is 11.1 Å². The lowest BCUT2D eigenvalue weighted by atomic mass is 10.2. The molecule has 0 heterocycles. The van der Waals surface area contributed by atoms with Crippen LogP contribution >= 0.6 is 18.5 Å². The second-order valence-electron chi connectivity index (χ2n) is 6.44. The van der Waals surface area contributed by atoms with Gasteiger partial charge in [-0.15, -0.1) is 4.52 Å². The molecule has 0 aromatic heterocycles. The fourth-order valence-corrected chi connectivity index (χ4v) is 4.45. The maximum absolute atomic E-state index is 6.62. The summed E-state index contributed by atoms with van der Waals surface area (Å²) in [6.45, 7) is 9.78. The van der Waals surface area contributed by atoms with E-state index >= 15 is 0 Å². The molecule has 0 radical (unpaired) electrons. The number of aryl methyl sites for hydroxylation is 2. The highest BCUT2D eigenvalue weighted by molar-refractivity contribution is 7.88. The van der Waals surface area contributed by atoms with Crippen molar-refractivity contribution in [1.82, 2.24) is 0 Å². The average molecular weight is 354 g/mol. The van der Waals surface area contributed by atoms with Crippen LogP contribution in [0.4, 0.5) is 0 Å². The molecule has 0 aliphatic rings. The molecule has 0 atom stereocenters. The monoisotopic (exact) mass is 353 g/mol. The van der Waals surface area contributed by atoms with Gasteiger partial charge in [-0.25, -0.2) is 0 Å². The summed E-state index contributed by atoms with van der Waals surface area (Å²) in [4.78, 5) is 0. The Hall–Kier alpha value is -1.28. The molecule has 3 nitrogen and oxygen atoms in total. The van der Waals surface area contributed by atoms with Gasteiger partial charge >= 0.3 is 7.30 Å². The Bertz CT molecular complexity index is 585. The van der Waals surface area contributed by atoms with Gasteiger partial charge in [0.15, 0.2) is 11.5 Å². The maximum Gasteiger partial charge on any atom is 0.614 e. The van der Waals surface area contributed by atoms with Gasteiger partial charge in [0.05, 0.1) is 0 Å². The SMILES string of the molecule is Cc1ccc(O[P+](Cl)(Oc2ccc(C)cc2)OC(C)(C)C)cc1. The molecule has 0 fully saturated rings. The molecule has 2 aromatic carbocycles. The summed E-state index contributed by atoms with van der Waals surface area (Å²) < 4.78 is 17.7. The van der Waals surface area contributed by atoms with Gasteiger partial charge in [-0.3, -0.25) is 9.05 Å². The molecule has 0 spiro atoms. The predicted molar refractivity (Wildman–Crippen MR) is 97.2 cm³/mol. The molecule has 124 valence electrons. The highest BCUT2D eigenvalue weighted by atomic mass is 35.7. The quantitative estimate of drug-likeness (QED) is 0.575. The first-order valence-corrected chi connectivity index (χ1v) is 9.92. The second kappa shape index (κ2) is 7.09. The molecule has 5 heteroatoms. The van der Waals surface area contributed by atoms with Crippen LogP contribution in [0.15, 0.2) is 48.5 Å². The van der Waals surface area contributed by atoms with E-state index in [9.17, 15) is 0 Å². The van der Waals surface area contributed by atoms with Gasteiger partial charge in [0.2, 0.25) is 11.2 Å². The lowest BCUT2D eigenvalue weighted by Gasteiger charge is -2.22. The van der Waals surface area contributed by atoms with Crippen molar-refractivity contribution in [2.75, 3.05) is 0 Å². The predicted octanol–water partition coefficient (Wildman–Crippen LogP) is 6.49. The normalized spacial score (nSPS) is 12.1. The van der Waals surface area contributed by atoms with Crippen molar-refractivity contribution in [2.24, 2.45) is 0 Å². The molecule has 0 aliphatic heterocycles. The second-order valence-corrected chi connectivity index (χ2v) is 9.09. The fraction of sp³-hybridized carbons (Fsp3) is 0.333. The number of rotatable bonds is 5. The summed E-state index contributed by atoms with van der Waals surface area (Å²) in [5.41, 5.74) is 1.80. The first-order valence-electron chi connectivity index (χ1n) is 7.47. The molecule has 0 bridgehead atoms. The highest BCUT2D eigenvalue weighted by Gasteiger charge is 2.52. The van der Waals surface area contributed by atoms with E-state index in [0.29, 0.717) is 11.5 Å². The topological polar surface area (TPSA) is 27.7 Å². The summed E-state index contributed by atoms with van der Waals surface area (Å²) in [6.07, 6.45) is 0. The molecule has 0 unspecified atom stereocenters. The minimum absolute atomic E-state index is 0.495. The Kier molecular flexibility index (Phi) is 5.57. The van der Waals surface area contributed by atoms with Gasteiger partial charge in [-0.1, -0.05) is 35.4 Å². The van der Waals surface area contributed by atoms with Gasteiger partial charge in [0.25, 0.3) is 0 Å². The number of hydrogen-bond acceptors (Lipinski definition) is 3. The first-order chi connectivity index (χ1) is 10.7. The van der Waals surface area contributed by atoms with Crippen LogP contribution in [-0.4, -0.2) is 5.60 Å². The van der Waals surface area contributed by atoms with Crippen LogP contribution in [0.2, 0.25) is 0 Å². The smallest absolute Gasteiger partial charge is 0.264 e. The van der Waals surface area contributed by atoms with Crippen LogP contribution in [0.25, 0.3) is 0 Å². The molecule has 0 aliphatic carbocycles. The van der Waals surface area contributed by atoms with E-state index in [4.69, 9.17) is 24.8 Å². The third kappa shape index (κ3) is 6.02.